The Morgan fingerprint density at radius 2 is 1.29 bits per heavy atom. The predicted molar refractivity (Wildman–Crippen MR) is 143 cm³/mol. The van der Waals surface area contributed by atoms with Gasteiger partial charge in [-0.15, -0.1) is 0 Å². The van der Waals surface area contributed by atoms with Crippen LogP contribution in [0.15, 0.2) is 94.7 Å². The Balaban J connectivity index is 1.81. The van der Waals surface area contributed by atoms with Crippen LogP contribution in [0.1, 0.15) is 0 Å². The van der Waals surface area contributed by atoms with Gasteiger partial charge in [0, 0.05) is 10.8 Å². The summed E-state index contributed by atoms with van der Waals surface area (Å²) in [5, 5.41) is 10.3. The molecule has 0 fully saturated rings. The highest BCUT2D eigenvalue weighted by Gasteiger charge is 2.29. The molecule has 12 heteroatoms. The van der Waals surface area contributed by atoms with Crippen LogP contribution in [-0.2, 0) is 24.8 Å². The first-order valence-electron chi connectivity index (χ1n) is 11.1. The lowest BCUT2D eigenvalue weighted by Crippen LogP contribution is -2.36. The van der Waals surface area contributed by atoms with Gasteiger partial charge in [-0.25, -0.2) is 16.8 Å². The summed E-state index contributed by atoms with van der Waals surface area (Å²) in [5.74, 6) is -0.432. The molecule has 0 heterocycles. The first-order valence-corrected chi connectivity index (χ1v) is 14.1. The largest absolute Gasteiger partial charge is 0.497 e. The maximum atomic E-state index is 13.6. The van der Waals surface area contributed by atoms with Gasteiger partial charge in [-0.1, -0.05) is 24.3 Å². The SMILES string of the molecule is COc1ccc(S(=O)(=O)Nc2ccc(N(CC(=O)O)S(=O)(=O)c3ccc(OC)cc3)c3ccccc23)cc1. The standard InChI is InChI=1S/C26H24N2O8S2/c1-35-18-7-11-20(12-8-18)37(31,32)27-24-15-16-25(23-6-4-3-5-22(23)24)28(17-26(29)30)38(33,34)21-13-9-19(36-2)10-14-21/h3-16,27H,17H2,1-2H3,(H,29,30). The molecular formula is C26H24N2O8S2. The van der Waals surface area contributed by atoms with Crippen molar-refractivity contribution in [3.05, 3.63) is 84.9 Å². The van der Waals surface area contributed by atoms with Crippen molar-refractivity contribution >= 4 is 48.2 Å². The molecule has 0 aliphatic rings. The lowest BCUT2D eigenvalue weighted by Gasteiger charge is -2.25. The summed E-state index contributed by atoms with van der Waals surface area (Å²) in [7, 11) is -5.41. The maximum absolute atomic E-state index is 13.6. The average Bonchev–Trinajstić information content (AvgIpc) is 2.92. The minimum atomic E-state index is -4.32. The second-order valence-electron chi connectivity index (χ2n) is 8.04. The summed E-state index contributed by atoms with van der Waals surface area (Å²) in [4.78, 5) is 11.6. The molecule has 4 aromatic carbocycles. The van der Waals surface area contributed by atoms with E-state index in [1.54, 1.807) is 24.3 Å². The number of carbonyl (C=O) groups is 1. The normalized spacial score (nSPS) is 11.6. The van der Waals surface area contributed by atoms with Crippen molar-refractivity contribution in [3.8, 4) is 11.5 Å². The number of benzene rings is 4. The fourth-order valence-corrected chi connectivity index (χ4v) is 6.36. The molecule has 2 N–H and O–H groups in total. The summed E-state index contributed by atoms with van der Waals surface area (Å²) >= 11 is 0. The van der Waals surface area contributed by atoms with E-state index in [0.29, 0.717) is 22.3 Å². The lowest BCUT2D eigenvalue weighted by molar-refractivity contribution is -0.135. The van der Waals surface area contributed by atoms with Gasteiger partial charge in [-0.2, -0.15) is 0 Å². The van der Waals surface area contributed by atoms with Gasteiger partial charge in [0.15, 0.2) is 0 Å². The molecule has 0 aliphatic carbocycles. The Morgan fingerprint density at radius 3 is 1.82 bits per heavy atom. The fourth-order valence-electron chi connectivity index (χ4n) is 3.85. The summed E-state index contributed by atoms with van der Waals surface area (Å²) in [6.45, 7) is -0.852. The summed E-state index contributed by atoms with van der Waals surface area (Å²) in [6, 6.07) is 20.7. The van der Waals surface area contributed by atoms with E-state index in [1.807, 2.05) is 0 Å². The van der Waals surface area contributed by atoms with Crippen LogP contribution in [0.3, 0.4) is 0 Å². The van der Waals surface area contributed by atoms with E-state index in [1.165, 1.54) is 74.9 Å². The van der Waals surface area contributed by atoms with E-state index in [9.17, 15) is 26.7 Å². The number of fused-ring (bicyclic) bond motifs is 1. The van der Waals surface area contributed by atoms with E-state index in [-0.39, 0.29) is 21.2 Å². The van der Waals surface area contributed by atoms with Crippen LogP contribution < -0.4 is 18.5 Å². The molecule has 0 amide bonds. The monoisotopic (exact) mass is 556 g/mol. The first-order chi connectivity index (χ1) is 18.1. The van der Waals surface area contributed by atoms with Crippen molar-refractivity contribution in [1.82, 2.24) is 0 Å². The van der Waals surface area contributed by atoms with Gasteiger partial charge in [0.2, 0.25) is 0 Å². The van der Waals surface area contributed by atoms with Gasteiger partial charge in [0.25, 0.3) is 20.0 Å². The summed E-state index contributed by atoms with van der Waals surface area (Å²) < 4.78 is 66.7. The number of ether oxygens (including phenoxy) is 2. The molecule has 10 nitrogen and oxygen atoms in total. The van der Waals surface area contributed by atoms with Crippen LogP contribution in [0.25, 0.3) is 10.8 Å². The van der Waals surface area contributed by atoms with Gasteiger partial charge < -0.3 is 14.6 Å². The van der Waals surface area contributed by atoms with Crippen molar-refractivity contribution in [2.75, 3.05) is 29.8 Å². The van der Waals surface area contributed by atoms with E-state index in [0.717, 1.165) is 4.31 Å². The molecular weight excluding hydrogens is 532 g/mol. The van der Waals surface area contributed by atoms with Crippen molar-refractivity contribution in [2.24, 2.45) is 0 Å². The minimum Gasteiger partial charge on any atom is -0.497 e. The highest BCUT2D eigenvalue weighted by atomic mass is 32.2. The quantitative estimate of drug-likeness (QED) is 0.299. The van der Waals surface area contributed by atoms with Crippen molar-refractivity contribution in [2.45, 2.75) is 9.79 Å². The Morgan fingerprint density at radius 1 is 0.763 bits per heavy atom. The smallest absolute Gasteiger partial charge is 0.324 e. The third-order valence-corrected chi connectivity index (χ3v) is 8.87. The Bertz CT molecular complexity index is 1690. The number of carboxylic acids is 1. The van der Waals surface area contributed by atoms with Crippen molar-refractivity contribution in [1.29, 1.82) is 0 Å². The van der Waals surface area contributed by atoms with E-state index in [2.05, 4.69) is 4.72 Å². The molecule has 0 bridgehead atoms. The molecule has 0 radical (unpaired) electrons. The van der Waals surface area contributed by atoms with E-state index in [4.69, 9.17) is 9.47 Å². The Hall–Kier alpha value is -4.29. The second kappa shape index (κ2) is 10.6. The molecule has 0 spiro atoms. The summed E-state index contributed by atoms with van der Waals surface area (Å²) in [6.07, 6.45) is 0. The van der Waals surface area contributed by atoms with Crippen LogP contribution in [-0.4, -0.2) is 48.7 Å². The topological polar surface area (TPSA) is 139 Å². The molecule has 198 valence electrons. The number of hydrogen-bond donors (Lipinski definition) is 2. The van der Waals surface area contributed by atoms with Crippen LogP contribution in [0.2, 0.25) is 0 Å². The number of sulfonamides is 2. The van der Waals surface area contributed by atoms with Crippen LogP contribution in [0.5, 0.6) is 11.5 Å². The molecule has 4 aromatic rings. The molecule has 0 aliphatic heterocycles. The zero-order valence-electron chi connectivity index (χ0n) is 20.4. The zero-order valence-corrected chi connectivity index (χ0v) is 22.0. The van der Waals surface area contributed by atoms with Crippen molar-refractivity contribution < 1.29 is 36.2 Å². The number of nitrogens with zero attached hydrogens (tertiary/aromatic N) is 1. The third kappa shape index (κ3) is 5.36. The van der Waals surface area contributed by atoms with Crippen LogP contribution >= 0.6 is 0 Å². The van der Waals surface area contributed by atoms with Gasteiger partial charge in [-0.3, -0.25) is 13.8 Å². The number of aliphatic carboxylic acids is 1. The number of carboxylic acid groups (broad SMARTS) is 1. The number of rotatable bonds is 10. The zero-order chi connectivity index (χ0) is 27.5. The fraction of sp³-hybridized carbons (Fsp3) is 0.115. The number of nitrogens with one attached hydrogen (secondary N) is 1. The molecule has 0 atom stereocenters. The molecule has 0 saturated carbocycles. The van der Waals surface area contributed by atoms with Gasteiger partial charge in [-0.05, 0) is 60.7 Å². The van der Waals surface area contributed by atoms with Crippen LogP contribution in [0.4, 0.5) is 11.4 Å². The predicted octanol–water partition coefficient (Wildman–Crippen LogP) is 3.94. The van der Waals surface area contributed by atoms with Gasteiger partial charge in [0.05, 0.1) is 35.4 Å². The van der Waals surface area contributed by atoms with Gasteiger partial charge >= 0.3 is 5.97 Å². The average molecular weight is 557 g/mol. The van der Waals surface area contributed by atoms with Crippen molar-refractivity contribution in [3.63, 3.8) is 0 Å². The number of anilines is 2. The minimum absolute atomic E-state index is 0.000967. The molecule has 0 unspecified atom stereocenters. The number of methoxy groups -OCH3 is 2. The third-order valence-electron chi connectivity index (χ3n) is 5.71. The molecule has 0 aromatic heterocycles. The van der Waals surface area contributed by atoms with E-state index >= 15 is 0 Å². The molecule has 0 saturated heterocycles. The summed E-state index contributed by atoms with van der Waals surface area (Å²) in [5.41, 5.74) is 0.267. The Labute approximate surface area is 220 Å². The highest BCUT2D eigenvalue weighted by molar-refractivity contribution is 7.93. The maximum Gasteiger partial charge on any atom is 0.324 e. The molecule has 4 rings (SSSR count). The first kappa shape index (κ1) is 26.8. The second-order valence-corrected chi connectivity index (χ2v) is 11.6. The van der Waals surface area contributed by atoms with E-state index < -0.39 is 32.6 Å². The molecule has 38 heavy (non-hydrogen) atoms. The number of hydrogen-bond acceptors (Lipinski definition) is 7. The highest BCUT2D eigenvalue weighted by Crippen LogP contribution is 2.36. The Kier molecular flexibility index (Phi) is 7.46. The van der Waals surface area contributed by atoms with Gasteiger partial charge in [0.1, 0.15) is 18.0 Å². The van der Waals surface area contributed by atoms with Crippen LogP contribution in [0, 0.1) is 0 Å². The lowest BCUT2D eigenvalue weighted by atomic mass is 10.1.